The Morgan fingerprint density at radius 1 is 0.431 bits per heavy atom. The molecular formula is C75H132N4O37. The molecule has 5 saturated heterocycles. The van der Waals surface area contributed by atoms with E-state index >= 15 is 0 Å². The van der Waals surface area contributed by atoms with Crippen molar-refractivity contribution in [2.75, 3.05) is 39.6 Å². The number of aliphatic carboxylic acids is 3. The summed E-state index contributed by atoms with van der Waals surface area (Å²) >= 11 is 0. The molecular weight excluding hydrogens is 1550 g/mol. The van der Waals surface area contributed by atoms with Gasteiger partial charge in [-0.15, -0.1) is 0 Å². The highest BCUT2D eigenvalue weighted by atomic mass is 16.8. The Bertz CT molecular complexity index is 2940. The molecule has 30 unspecified atom stereocenters. The zero-order valence-electron chi connectivity index (χ0n) is 66.8. The summed E-state index contributed by atoms with van der Waals surface area (Å²) in [7, 11) is 0. The molecule has 5 heterocycles. The number of carbonyl (C=O) groups is 7. The van der Waals surface area contributed by atoms with E-state index in [1.807, 2.05) is 0 Å². The topological polar surface area (TPSA) is 665 Å². The first-order valence-corrected chi connectivity index (χ1v) is 40.7. The summed E-state index contributed by atoms with van der Waals surface area (Å²) in [5, 5.41) is 234. The third kappa shape index (κ3) is 28.7. The van der Waals surface area contributed by atoms with Gasteiger partial charge in [0.05, 0.1) is 88.2 Å². The number of rotatable bonds is 54. The molecule has 5 aliphatic rings. The van der Waals surface area contributed by atoms with Gasteiger partial charge in [-0.3, -0.25) is 19.2 Å². The lowest BCUT2D eigenvalue weighted by Crippen LogP contribution is -2.72. The molecule has 0 spiro atoms. The number of carboxylic acids is 3. The highest BCUT2D eigenvalue weighted by molar-refractivity contribution is 5.79. The van der Waals surface area contributed by atoms with Crippen molar-refractivity contribution in [3.63, 3.8) is 0 Å². The molecule has 41 heteroatoms. The first-order valence-electron chi connectivity index (χ1n) is 40.7. The Morgan fingerprint density at radius 3 is 1.20 bits per heavy atom. The van der Waals surface area contributed by atoms with Crippen molar-refractivity contribution in [2.24, 2.45) is 0 Å². The molecule has 116 heavy (non-hydrogen) atoms. The fourth-order valence-electron chi connectivity index (χ4n) is 15.4. The minimum Gasteiger partial charge on any atom is -0.477 e. The summed E-state index contributed by atoms with van der Waals surface area (Å²) in [5.74, 6) is -20.5. The quantitative estimate of drug-likeness (QED) is 0.0255. The minimum absolute atomic E-state index is 0.144. The molecule has 674 valence electrons. The number of unbranched alkanes of at least 4 members (excludes halogenated alkanes) is 20. The Balaban J connectivity index is 1.38. The number of hydrogen-bond acceptors (Lipinski definition) is 34. The largest absolute Gasteiger partial charge is 0.477 e. The Hall–Kier alpha value is -4.79. The lowest BCUT2D eigenvalue weighted by atomic mass is 9.86. The van der Waals surface area contributed by atoms with Crippen molar-refractivity contribution in [2.45, 2.75) is 390 Å². The van der Waals surface area contributed by atoms with Crippen LogP contribution in [0.5, 0.6) is 0 Å². The van der Waals surface area contributed by atoms with Crippen LogP contribution < -0.4 is 21.3 Å². The van der Waals surface area contributed by atoms with Crippen molar-refractivity contribution in [1.82, 2.24) is 21.3 Å². The number of hydrogen-bond donors (Lipinski definition) is 24. The highest BCUT2D eigenvalue weighted by Gasteiger charge is 2.64. The molecule has 0 radical (unpaired) electrons. The molecule has 41 nitrogen and oxygen atoms in total. The minimum atomic E-state index is -3.57. The van der Waals surface area contributed by atoms with Crippen LogP contribution in [0.3, 0.4) is 0 Å². The van der Waals surface area contributed by atoms with E-state index in [9.17, 15) is 136 Å². The van der Waals surface area contributed by atoms with Gasteiger partial charge in [0.15, 0.2) is 12.6 Å². The molecule has 5 fully saturated rings. The molecule has 0 aromatic heterocycles. The van der Waals surface area contributed by atoms with Crippen molar-refractivity contribution in [1.29, 1.82) is 0 Å². The maximum atomic E-state index is 13.8. The zero-order chi connectivity index (χ0) is 86.4. The standard InChI is InChI=1S/C75H132N4O37/c1-6-8-10-12-14-16-17-18-19-21-22-24-26-28-43(88)42(79-52(93)29-27-25-23-20-15-13-11-9-7-2)38-107-68-61(99)60(98)63(51(37-84)109-68)110-69-62(100)67(57(95)48(34-81)108-69)116-75(72(105)106)32-46(91)55(78-41(5)87)66(115-75)59(97)50(36-83)112-74(71(103)104)31-45(90)54(77-40(4)86)65(114-74)58(96)49(35-82)111-73(70(101)102)30-44(89)53(76-39(3)85)64(113-73)56(94)47(92)33-80/h42-51,53-69,80-84,88-92,94-100H,6-38H2,1-5H3,(H,76,85)(H,77,86)(H,78,87)(H,79,93)(H,101,102)(H,103,104)(H,105,106). The maximum absolute atomic E-state index is 13.8. The monoisotopic (exact) mass is 1680 g/mol. The molecule has 0 saturated carbocycles. The van der Waals surface area contributed by atoms with E-state index in [0.717, 1.165) is 91.4 Å². The number of carbonyl (C=O) groups excluding carboxylic acids is 4. The molecule has 5 aliphatic heterocycles. The van der Waals surface area contributed by atoms with Crippen molar-refractivity contribution >= 4 is 41.5 Å². The van der Waals surface area contributed by atoms with Gasteiger partial charge in [-0.25, -0.2) is 14.4 Å². The molecule has 0 aromatic carbocycles. The Labute approximate surface area is 673 Å². The van der Waals surface area contributed by atoms with Crippen LogP contribution >= 0.6 is 0 Å². The van der Waals surface area contributed by atoms with Crippen molar-refractivity contribution < 1.29 is 183 Å². The van der Waals surface area contributed by atoms with Gasteiger partial charge in [-0.05, 0) is 12.8 Å². The van der Waals surface area contributed by atoms with Crippen LogP contribution in [0.2, 0.25) is 0 Å². The highest BCUT2D eigenvalue weighted by Crippen LogP contribution is 2.43. The summed E-state index contributed by atoms with van der Waals surface area (Å²) in [6.07, 6.45) is -32.0. The summed E-state index contributed by atoms with van der Waals surface area (Å²) in [6, 6.07) is -6.93. The van der Waals surface area contributed by atoms with Crippen LogP contribution in [0.25, 0.3) is 0 Å². The fraction of sp³-hybridized carbons (Fsp3) is 0.907. The van der Waals surface area contributed by atoms with Gasteiger partial charge in [-0.2, -0.15) is 0 Å². The second-order valence-corrected chi connectivity index (χ2v) is 31.1. The number of aliphatic hydroxyl groups excluding tert-OH is 17. The molecule has 5 rings (SSSR count). The van der Waals surface area contributed by atoms with Gasteiger partial charge in [0.2, 0.25) is 23.6 Å². The van der Waals surface area contributed by atoms with Gasteiger partial charge >= 0.3 is 17.9 Å². The fourth-order valence-corrected chi connectivity index (χ4v) is 15.4. The van der Waals surface area contributed by atoms with Crippen LogP contribution in [0.15, 0.2) is 0 Å². The lowest BCUT2D eigenvalue weighted by molar-refractivity contribution is -0.388. The van der Waals surface area contributed by atoms with E-state index in [1.54, 1.807) is 0 Å². The zero-order valence-corrected chi connectivity index (χ0v) is 66.8. The molecule has 24 N–H and O–H groups in total. The number of nitrogens with one attached hydrogen (secondary N) is 4. The lowest BCUT2D eigenvalue weighted by Gasteiger charge is -2.51. The summed E-state index contributed by atoms with van der Waals surface area (Å²) in [4.78, 5) is 91.9. The van der Waals surface area contributed by atoms with Gasteiger partial charge in [0.1, 0.15) is 104 Å². The molecule has 0 bridgehead atoms. The average Bonchev–Trinajstić information content (AvgIpc) is 0.752. The van der Waals surface area contributed by atoms with Crippen molar-refractivity contribution in [3.8, 4) is 0 Å². The second-order valence-electron chi connectivity index (χ2n) is 31.1. The van der Waals surface area contributed by atoms with Gasteiger partial charge in [-0.1, -0.05) is 149 Å². The number of aliphatic hydroxyl groups is 17. The van der Waals surface area contributed by atoms with Crippen LogP contribution in [-0.4, -0.2) is 366 Å². The number of ether oxygens (including phenoxy) is 10. The second kappa shape index (κ2) is 50.0. The smallest absolute Gasteiger partial charge is 0.364 e. The van der Waals surface area contributed by atoms with Gasteiger partial charge in [0, 0.05) is 46.5 Å². The third-order valence-corrected chi connectivity index (χ3v) is 21.8. The SMILES string of the molecule is CCCCCCCCCCCCCCCC(O)C(COC1OC(CO)C(OC2OC(CO)C(O)C(OC3(C(=O)O)CC(O)C(NC(C)=O)C(C(O)C(CO)OC4(C(=O)O)CC(O)C(NC(C)=O)C(C(O)C(CO)OC5(C(=O)O)CC(O)C(NC(C)=O)C(C(O)C(O)CO)O5)O4)O3)C2O)C(O)C1O)NC(=O)CCCCCCCCCCC. The van der Waals surface area contributed by atoms with E-state index in [2.05, 4.69) is 35.1 Å². The summed E-state index contributed by atoms with van der Waals surface area (Å²) in [6.45, 7) is -0.0764. The third-order valence-electron chi connectivity index (χ3n) is 21.8. The average molecular weight is 1680 g/mol. The van der Waals surface area contributed by atoms with Crippen LogP contribution in [0.1, 0.15) is 208 Å². The first-order chi connectivity index (χ1) is 55.0. The van der Waals surface area contributed by atoms with E-state index < -0.39 is 277 Å². The number of carboxylic acid groups (broad SMARTS) is 3. The molecule has 0 aliphatic carbocycles. The number of amides is 4. The van der Waals surface area contributed by atoms with Crippen LogP contribution in [-0.2, 0) is 80.9 Å². The summed E-state index contributed by atoms with van der Waals surface area (Å²) < 4.78 is 58.1. The van der Waals surface area contributed by atoms with E-state index in [0.29, 0.717) is 12.8 Å². The normalized spacial score (nSPS) is 33.8. The van der Waals surface area contributed by atoms with Crippen molar-refractivity contribution in [3.05, 3.63) is 0 Å². The van der Waals surface area contributed by atoms with Gasteiger partial charge < -0.3 is 171 Å². The molecule has 30 atom stereocenters. The Morgan fingerprint density at radius 2 is 0.810 bits per heavy atom. The van der Waals surface area contributed by atoms with Gasteiger partial charge in [0.25, 0.3) is 17.4 Å². The predicted molar refractivity (Wildman–Crippen MR) is 397 cm³/mol. The van der Waals surface area contributed by atoms with Crippen LogP contribution in [0, 0.1) is 0 Å². The van der Waals surface area contributed by atoms with E-state index in [1.165, 1.54) is 57.8 Å². The van der Waals surface area contributed by atoms with E-state index in [-0.39, 0.29) is 18.7 Å². The predicted octanol–water partition coefficient (Wildman–Crippen LogP) is -4.60. The first kappa shape index (κ1) is 102. The summed E-state index contributed by atoms with van der Waals surface area (Å²) in [5.41, 5.74) is 0. The maximum Gasteiger partial charge on any atom is 0.364 e. The molecule has 0 aromatic rings. The van der Waals surface area contributed by atoms with E-state index in [4.69, 9.17) is 47.4 Å². The van der Waals surface area contributed by atoms with Crippen LogP contribution in [0.4, 0.5) is 0 Å². The molecule has 4 amide bonds. The Kier molecular flexibility index (Phi) is 43.8.